The lowest BCUT2D eigenvalue weighted by atomic mass is 9.90. The van der Waals surface area contributed by atoms with Gasteiger partial charge in [0.1, 0.15) is 0 Å². The summed E-state index contributed by atoms with van der Waals surface area (Å²) in [7, 11) is 1.71. The lowest BCUT2D eigenvalue weighted by molar-refractivity contribution is 0.171. The molecule has 1 atom stereocenters. The number of ether oxygens (including phenoxy) is 1. The quantitative estimate of drug-likeness (QED) is 0.801. The molecular weight excluding hydrogens is 198 g/mol. The first-order valence-electron chi connectivity index (χ1n) is 5.93. The van der Waals surface area contributed by atoms with E-state index < -0.39 is 0 Å². The zero-order valence-corrected chi connectivity index (χ0v) is 10.6. The smallest absolute Gasteiger partial charge is 0.0479 e. The van der Waals surface area contributed by atoms with Gasteiger partial charge in [0, 0.05) is 19.3 Å². The van der Waals surface area contributed by atoms with Crippen LogP contribution in [-0.4, -0.2) is 19.3 Å². The van der Waals surface area contributed by atoms with Crippen LogP contribution < -0.4 is 5.73 Å². The van der Waals surface area contributed by atoms with Gasteiger partial charge in [-0.25, -0.2) is 0 Å². The van der Waals surface area contributed by atoms with Gasteiger partial charge in [0.25, 0.3) is 0 Å². The molecular formula is C14H23NO. The van der Waals surface area contributed by atoms with Gasteiger partial charge in [-0.2, -0.15) is 0 Å². The van der Waals surface area contributed by atoms with Gasteiger partial charge in [-0.05, 0) is 37.3 Å². The summed E-state index contributed by atoms with van der Waals surface area (Å²) in [5.41, 5.74) is 8.73. The van der Waals surface area contributed by atoms with Crippen molar-refractivity contribution in [2.75, 3.05) is 13.7 Å². The molecule has 90 valence electrons. The fourth-order valence-corrected chi connectivity index (χ4v) is 1.78. The van der Waals surface area contributed by atoms with E-state index in [1.165, 1.54) is 11.1 Å². The van der Waals surface area contributed by atoms with Crippen molar-refractivity contribution in [1.29, 1.82) is 0 Å². The van der Waals surface area contributed by atoms with Crippen LogP contribution >= 0.6 is 0 Å². The number of aryl methyl sites for hydroxylation is 1. The van der Waals surface area contributed by atoms with Crippen LogP contribution in [0.4, 0.5) is 0 Å². The van der Waals surface area contributed by atoms with Crippen LogP contribution in [0.5, 0.6) is 0 Å². The van der Waals surface area contributed by atoms with Gasteiger partial charge in [0.2, 0.25) is 0 Å². The molecule has 1 unspecified atom stereocenters. The maximum absolute atomic E-state index is 6.23. The van der Waals surface area contributed by atoms with Crippen molar-refractivity contribution < 1.29 is 4.74 Å². The Balaban J connectivity index is 2.57. The number of methoxy groups -OCH3 is 1. The maximum Gasteiger partial charge on any atom is 0.0479 e. The molecule has 16 heavy (non-hydrogen) atoms. The minimum atomic E-state index is -0.177. The molecule has 1 aromatic carbocycles. The Kier molecular flexibility index (Phi) is 4.97. The Bertz CT molecular complexity index is 303. The van der Waals surface area contributed by atoms with Gasteiger partial charge < -0.3 is 10.5 Å². The molecule has 0 aliphatic heterocycles. The summed E-state index contributed by atoms with van der Waals surface area (Å²) >= 11 is 0. The monoisotopic (exact) mass is 221 g/mol. The highest BCUT2D eigenvalue weighted by molar-refractivity contribution is 5.23. The molecule has 0 aromatic heterocycles. The van der Waals surface area contributed by atoms with E-state index >= 15 is 0 Å². The predicted octanol–water partition coefficient (Wildman–Crippen LogP) is 2.55. The molecule has 0 bridgehead atoms. The zero-order valence-electron chi connectivity index (χ0n) is 10.6. The molecule has 0 fully saturated rings. The predicted molar refractivity (Wildman–Crippen MR) is 68.6 cm³/mol. The van der Waals surface area contributed by atoms with Crippen LogP contribution in [-0.2, 0) is 17.6 Å². The summed E-state index contributed by atoms with van der Waals surface area (Å²) in [5, 5.41) is 0. The Morgan fingerprint density at radius 3 is 2.25 bits per heavy atom. The van der Waals surface area contributed by atoms with Crippen LogP contribution in [0.1, 0.15) is 31.4 Å². The number of benzene rings is 1. The lowest BCUT2D eigenvalue weighted by Crippen LogP contribution is -2.39. The standard InChI is InChI=1S/C14H23NO/c1-4-12-5-7-13(8-6-12)11-14(2,15)9-10-16-3/h5-8H,4,9-11,15H2,1-3H3. The molecule has 2 N–H and O–H groups in total. The Morgan fingerprint density at radius 1 is 1.19 bits per heavy atom. The van der Waals surface area contributed by atoms with Crippen LogP contribution in [0, 0.1) is 0 Å². The first-order chi connectivity index (χ1) is 7.57. The molecule has 0 heterocycles. The van der Waals surface area contributed by atoms with Gasteiger partial charge in [0.15, 0.2) is 0 Å². The fourth-order valence-electron chi connectivity index (χ4n) is 1.78. The van der Waals surface area contributed by atoms with E-state index in [0.717, 1.165) is 25.9 Å². The lowest BCUT2D eigenvalue weighted by Gasteiger charge is -2.24. The third-order valence-electron chi connectivity index (χ3n) is 2.92. The Hall–Kier alpha value is -0.860. The minimum Gasteiger partial charge on any atom is -0.385 e. The summed E-state index contributed by atoms with van der Waals surface area (Å²) in [6.45, 7) is 4.97. The minimum absolute atomic E-state index is 0.177. The van der Waals surface area contributed by atoms with Crippen LogP contribution in [0.2, 0.25) is 0 Å². The molecule has 1 rings (SSSR count). The molecule has 0 amide bonds. The van der Waals surface area contributed by atoms with E-state index in [4.69, 9.17) is 10.5 Å². The number of rotatable bonds is 6. The highest BCUT2D eigenvalue weighted by Gasteiger charge is 2.18. The molecule has 0 spiro atoms. The van der Waals surface area contributed by atoms with Gasteiger partial charge in [-0.15, -0.1) is 0 Å². The molecule has 0 saturated heterocycles. The summed E-state index contributed by atoms with van der Waals surface area (Å²) in [6, 6.07) is 8.72. The molecule has 2 nitrogen and oxygen atoms in total. The highest BCUT2D eigenvalue weighted by Crippen LogP contribution is 2.15. The molecule has 0 radical (unpaired) electrons. The number of nitrogens with two attached hydrogens (primary N) is 1. The Labute approximate surface area is 98.8 Å². The first-order valence-corrected chi connectivity index (χ1v) is 5.93. The average Bonchev–Trinajstić information content (AvgIpc) is 2.27. The first kappa shape index (κ1) is 13.2. The summed E-state index contributed by atoms with van der Waals surface area (Å²) in [4.78, 5) is 0. The van der Waals surface area contributed by atoms with E-state index in [2.05, 4.69) is 38.1 Å². The maximum atomic E-state index is 6.23. The molecule has 0 aliphatic carbocycles. The van der Waals surface area contributed by atoms with Gasteiger partial charge in [0.05, 0.1) is 0 Å². The van der Waals surface area contributed by atoms with Crippen molar-refractivity contribution in [3.63, 3.8) is 0 Å². The SMILES string of the molecule is CCc1ccc(CC(C)(N)CCOC)cc1. The van der Waals surface area contributed by atoms with Gasteiger partial charge in [-0.3, -0.25) is 0 Å². The fraction of sp³-hybridized carbons (Fsp3) is 0.571. The van der Waals surface area contributed by atoms with E-state index in [0.29, 0.717) is 0 Å². The largest absolute Gasteiger partial charge is 0.385 e. The molecule has 0 aliphatic rings. The van der Waals surface area contributed by atoms with Crippen molar-refractivity contribution in [3.05, 3.63) is 35.4 Å². The third kappa shape index (κ3) is 4.33. The van der Waals surface area contributed by atoms with Crippen molar-refractivity contribution in [2.24, 2.45) is 5.73 Å². The van der Waals surface area contributed by atoms with Crippen LogP contribution in [0.3, 0.4) is 0 Å². The summed E-state index contributed by atoms with van der Waals surface area (Å²) in [6.07, 6.45) is 2.88. The second-order valence-electron chi connectivity index (χ2n) is 4.74. The number of hydrogen-bond donors (Lipinski definition) is 1. The van der Waals surface area contributed by atoms with E-state index in [1.54, 1.807) is 7.11 Å². The van der Waals surface area contributed by atoms with Crippen molar-refractivity contribution in [2.45, 2.75) is 38.6 Å². The van der Waals surface area contributed by atoms with E-state index in [1.807, 2.05) is 0 Å². The molecule has 1 aromatic rings. The van der Waals surface area contributed by atoms with Crippen molar-refractivity contribution in [1.82, 2.24) is 0 Å². The highest BCUT2D eigenvalue weighted by atomic mass is 16.5. The molecule has 2 heteroatoms. The van der Waals surface area contributed by atoms with E-state index in [9.17, 15) is 0 Å². The summed E-state index contributed by atoms with van der Waals surface area (Å²) < 4.78 is 5.07. The topological polar surface area (TPSA) is 35.2 Å². The summed E-state index contributed by atoms with van der Waals surface area (Å²) in [5.74, 6) is 0. The van der Waals surface area contributed by atoms with Crippen LogP contribution in [0.25, 0.3) is 0 Å². The normalized spacial score (nSPS) is 14.8. The van der Waals surface area contributed by atoms with Gasteiger partial charge in [-0.1, -0.05) is 31.2 Å². The zero-order chi connectivity index (χ0) is 12.0. The van der Waals surface area contributed by atoms with Gasteiger partial charge >= 0.3 is 0 Å². The Morgan fingerprint density at radius 2 is 1.75 bits per heavy atom. The van der Waals surface area contributed by atoms with Crippen LogP contribution in [0.15, 0.2) is 24.3 Å². The second-order valence-corrected chi connectivity index (χ2v) is 4.74. The second kappa shape index (κ2) is 6.02. The van der Waals surface area contributed by atoms with E-state index in [-0.39, 0.29) is 5.54 Å². The third-order valence-corrected chi connectivity index (χ3v) is 2.92. The van der Waals surface area contributed by atoms with Crippen molar-refractivity contribution in [3.8, 4) is 0 Å². The van der Waals surface area contributed by atoms with Crippen molar-refractivity contribution >= 4 is 0 Å². The number of hydrogen-bond acceptors (Lipinski definition) is 2. The molecule has 0 saturated carbocycles. The average molecular weight is 221 g/mol.